The summed E-state index contributed by atoms with van der Waals surface area (Å²) in [5.74, 6) is 0.343. The van der Waals surface area contributed by atoms with Gasteiger partial charge in [0.15, 0.2) is 0 Å². The van der Waals surface area contributed by atoms with E-state index in [2.05, 4.69) is 5.32 Å². The summed E-state index contributed by atoms with van der Waals surface area (Å²) in [7, 11) is 1.68. The molecule has 0 saturated carbocycles. The van der Waals surface area contributed by atoms with Gasteiger partial charge in [0, 0.05) is 26.7 Å². The number of hydrogen-bond donors (Lipinski definition) is 1. The normalized spacial score (nSPS) is 31.5. The molecule has 0 aromatic heterocycles. The van der Waals surface area contributed by atoms with Crippen LogP contribution in [0, 0.1) is 5.41 Å². The van der Waals surface area contributed by atoms with Crippen molar-refractivity contribution in [1.82, 2.24) is 10.2 Å². The molecule has 1 spiro atoms. The van der Waals surface area contributed by atoms with Gasteiger partial charge in [-0.05, 0) is 25.8 Å². The number of piperidine rings is 1. The Hall–Kier alpha value is -0.610. The first-order valence-corrected chi connectivity index (χ1v) is 5.77. The predicted octanol–water partition coefficient (Wildman–Crippen LogP) is 0.235. The van der Waals surface area contributed by atoms with E-state index < -0.39 is 0 Å². The lowest BCUT2D eigenvalue weighted by molar-refractivity contribution is -0.145. The van der Waals surface area contributed by atoms with Crippen LogP contribution < -0.4 is 5.32 Å². The van der Waals surface area contributed by atoms with Crippen molar-refractivity contribution < 1.29 is 9.53 Å². The molecule has 1 unspecified atom stereocenters. The van der Waals surface area contributed by atoms with Gasteiger partial charge in [0.2, 0.25) is 5.91 Å². The van der Waals surface area contributed by atoms with E-state index in [0.29, 0.717) is 12.5 Å². The minimum absolute atomic E-state index is 0.0774. The number of methoxy groups -OCH3 is 1. The van der Waals surface area contributed by atoms with Gasteiger partial charge < -0.3 is 15.0 Å². The number of likely N-dealkylation sites (tertiary alicyclic amines) is 1. The van der Waals surface area contributed by atoms with Crippen LogP contribution in [0.15, 0.2) is 0 Å². The largest absolute Gasteiger partial charge is 0.383 e. The summed E-state index contributed by atoms with van der Waals surface area (Å²) >= 11 is 0. The summed E-state index contributed by atoms with van der Waals surface area (Å²) in [6.07, 6.45) is 3.20. The van der Waals surface area contributed by atoms with Crippen molar-refractivity contribution in [2.45, 2.75) is 19.3 Å². The summed E-state index contributed by atoms with van der Waals surface area (Å²) in [6.45, 7) is 4.16. The van der Waals surface area contributed by atoms with Gasteiger partial charge in [-0.1, -0.05) is 0 Å². The molecule has 2 saturated heterocycles. The second-order valence-corrected chi connectivity index (χ2v) is 4.60. The second-order valence-electron chi connectivity index (χ2n) is 4.60. The topological polar surface area (TPSA) is 41.6 Å². The number of ether oxygens (including phenoxy) is 1. The van der Waals surface area contributed by atoms with E-state index >= 15 is 0 Å². The molecule has 4 nitrogen and oxygen atoms in total. The van der Waals surface area contributed by atoms with E-state index in [1.54, 1.807) is 7.11 Å². The fraction of sp³-hybridized carbons (Fsp3) is 0.909. The van der Waals surface area contributed by atoms with Gasteiger partial charge in [0.25, 0.3) is 0 Å². The molecule has 86 valence electrons. The molecule has 2 rings (SSSR count). The first-order chi connectivity index (χ1) is 7.28. The van der Waals surface area contributed by atoms with Crippen molar-refractivity contribution in [3.8, 4) is 0 Å². The Bertz CT molecular complexity index is 237. The summed E-state index contributed by atoms with van der Waals surface area (Å²) < 4.78 is 5.03. The third-order valence-corrected chi connectivity index (χ3v) is 3.63. The van der Waals surface area contributed by atoms with Crippen LogP contribution in [0.25, 0.3) is 0 Å². The first-order valence-electron chi connectivity index (χ1n) is 5.77. The minimum Gasteiger partial charge on any atom is -0.383 e. The third-order valence-electron chi connectivity index (χ3n) is 3.63. The smallest absolute Gasteiger partial charge is 0.230 e. The Morgan fingerprint density at radius 3 is 3.07 bits per heavy atom. The molecule has 2 heterocycles. The maximum Gasteiger partial charge on any atom is 0.230 e. The molecule has 2 aliphatic heterocycles. The van der Waals surface area contributed by atoms with Crippen molar-refractivity contribution in [3.63, 3.8) is 0 Å². The SMILES string of the molecule is COCCN1CCCC2(CCNC2)C1=O. The molecule has 0 radical (unpaired) electrons. The zero-order chi connectivity index (χ0) is 10.7. The van der Waals surface area contributed by atoms with Crippen molar-refractivity contribution >= 4 is 5.91 Å². The molecular weight excluding hydrogens is 192 g/mol. The van der Waals surface area contributed by atoms with Gasteiger partial charge >= 0.3 is 0 Å². The molecule has 0 aromatic carbocycles. The lowest BCUT2D eigenvalue weighted by atomic mass is 9.78. The Kier molecular flexibility index (Phi) is 3.26. The van der Waals surface area contributed by atoms with E-state index in [4.69, 9.17) is 4.74 Å². The molecular formula is C11H20N2O2. The highest BCUT2D eigenvalue weighted by Crippen LogP contribution is 2.36. The van der Waals surface area contributed by atoms with E-state index in [1.165, 1.54) is 0 Å². The van der Waals surface area contributed by atoms with Gasteiger partial charge in [-0.25, -0.2) is 0 Å². The number of nitrogens with one attached hydrogen (secondary N) is 1. The fourth-order valence-corrected chi connectivity index (χ4v) is 2.71. The molecule has 0 bridgehead atoms. The van der Waals surface area contributed by atoms with Crippen LogP contribution in [-0.4, -0.2) is 50.7 Å². The minimum atomic E-state index is -0.0774. The van der Waals surface area contributed by atoms with Crippen LogP contribution in [0.2, 0.25) is 0 Å². The molecule has 0 aliphatic carbocycles. The highest BCUT2D eigenvalue weighted by Gasteiger charge is 2.45. The summed E-state index contributed by atoms with van der Waals surface area (Å²) in [5, 5.41) is 3.31. The van der Waals surface area contributed by atoms with E-state index in [0.717, 1.165) is 45.4 Å². The number of amides is 1. The Balaban J connectivity index is 2.00. The lowest BCUT2D eigenvalue weighted by Crippen LogP contribution is -2.50. The molecule has 2 fully saturated rings. The summed E-state index contributed by atoms with van der Waals surface area (Å²) in [4.78, 5) is 14.3. The number of nitrogens with zero attached hydrogens (tertiary/aromatic N) is 1. The van der Waals surface area contributed by atoms with Crippen molar-refractivity contribution in [3.05, 3.63) is 0 Å². The summed E-state index contributed by atoms with van der Waals surface area (Å²) in [6, 6.07) is 0. The van der Waals surface area contributed by atoms with Crippen molar-refractivity contribution in [2.24, 2.45) is 5.41 Å². The van der Waals surface area contributed by atoms with E-state index in [-0.39, 0.29) is 5.41 Å². The highest BCUT2D eigenvalue weighted by atomic mass is 16.5. The van der Waals surface area contributed by atoms with Crippen LogP contribution >= 0.6 is 0 Å². The molecule has 1 amide bonds. The fourth-order valence-electron chi connectivity index (χ4n) is 2.71. The van der Waals surface area contributed by atoms with Gasteiger partial charge in [0.1, 0.15) is 0 Å². The van der Waals surface area contributed by atoms with Crippen LogP contribution in [-0.2, 0) is 9.53 Å². The quantitative estimate of drug-likeness (QED) is 0.728. The Labute approximate surface area is 91.0 Å². The first kappa shape index (κ1) is 10.9. The maximum absolute atomic E-state index is 12.3. The number of hydrogen-bond acceptors (Lipinski definition) is 3. The zero-order valence-corrected chi connectivity index (χ0v) is 9.42. The standard InChI is InChI=1S/C11H20N2O2/c1-15-8-7-13-6-2-3-11(10(13)14)4-5-12-9-11/h12H,2-9H2,1H3. The number of carbonyl (C=O) groups excluding carboxylic acids is 1. The Morgan fingerprint density at radius 1 is 1.53 bits per heavy atom. The molecule has 2 aliphatic rings. The average molecular weight is 212 g/mol. The maximum atomic E-state index is 12.3. The van der Waals surface area contributed by atoms with E-state index in [1.807, 2.05) is 4.90 Å². The van der Waals surface area contributed by atoms with Gasteiger partial charge in [-0.3, -0.25) is 4.79 Å². The second kappa shape index (κ2) is 4.49. The average Bonchev–Trinajstić information content (AvgIpc) is 2.70. The molecule has 0 aromatic rings. The van der Waals surface area contributed by atoms with Crippen molar-refractivity contribution in [1.29, 1.82) is 0 Å². The Morgan fingerprint density at radius 2 is 2.40 bits per heavy atom. The van der Waals surface area contributed by atoms with Gasteiger partial charge in [-0.2, -0.15) is 0 Å². The number of rotatable bonds is 3. The van der Waals surface area contributed by atoms with Gasteiger partial charge in [0.05, 0.1) is 12.0 Å². The predicted molar refractivity (Wildman–Crippen MR) is 57.6 cm³/mol. The molecule has 1 atom stereocenters. The monoisotopic (exact) mass is 212 g/mol. The third kappa shape index (κ3) is 2.01. The van der Waals surface area contributed by atoms with Crippen molar-refractivity contribution in [2.75, 3.05) is 39.9 Å². The molecule has 15 heavy (non-hydrogen) atoms. The number of carbonyl (C=O) groups is 1. The molecule has 1 N–H and O–H groups in total. The van der Waals surface area contributed by atoms with Crippen LogP contribution in [0.5, 0.6) is 0 Å². The van der Waals surface area contributed by atoms with Crippen LogP contribution in [0.4, 0.5) is 0 Å². The van der Waals surface area contributed by atoms with E-state index in [9.17, 15) is 4.79 Å². The van der Waals surface area contributed by atoms with Gasteiger partial charge in [-0.15, -0.1) is 0 Å². The summed E-state index contributed by atoms with van der Waals surface area (Å²) in [5.41, 5.74) is -0.0774. The van der Waals surface area contributed by atoms with Crippen LogP contribution in [0.1, 0.15) is 19.3 Å². The molecule has 4 heteroatoms. The highest BCUT2D eigenvalue weighted by molar-refractivity contribution is 5.84. The lowest BCUT2D eigenvalue weighted by Gasteiger charge is -2.38. The zero-order valence-electron chi connectivity index (χ0n) is 9.42. The van der Waals surface area contributed by atoms with Crippen LogP contribution in [0.3, 0.4) is 0 Å².